The molecule has 1 aromatic carbocycles. The lowest BCUT2D eigenvalue weighted by atomic mass is 10.1. The summed E-state index contributed by atoms with van der Waals surface area (Å²) in [6, 6.07) is 6.85. The lowest BCUT2D eigenvalue weighted by molar-refractivity contribution is 0.0697. The number of hydrogen-bond acceptors (Lipinski definition) is 5. The third-order valence-electron chi connectivity index (χ3n) is 3.03. The lowest BCUT2D eigenvalue weighted by Crippen LogP contribution is -2.14. The number of nitrogens with zero attached hydrogens (tertiary/aromatic N) is 3. The first-order chi connectivity index (χ1) is 10.1. The number of carboxylic acid groups (broad SMARTS) is 1. The maximum absolute atomic E-state index is 10.9. The van der Waals surface area contributed by atoms with Crippen molar-refractivity contribution in [1.29, 1.82) is 0 Å². The van der Waals surface area contributed by atoms with Gasteiger partial charge < -0.3 is 10.9 Å². The molecule has 0 spiro atoms. The number of aromatic nitrogens is 3. The largest absolute Gasteiger partial charge is 0.478 e. The lowest BCUT2D eigenvalue weighted by Gasteiger charge is -2.04. The van der Waals surface area contributed by atoms with Gasteiger partial charge in [0.2, 0.25) is 5.16 Å². The molecule has 2 rings (SSSR count). The zero-order chi connectivity index (χ0) is 15.2. The van der Waals surface area contributed by atoms with Gasteiger partial charge in [-0.2, -0.15) is 0 Å². The fourth-order valence-electron chi connectivity index (χ4n) is 1.85. The first-order valence-electron chi connectivity index (χ1n) is 6.76. The first kappa shape index (κ1) is 15.4. The maximum atomic E-state index is 10.9. The van der Waals surface area contributed by atoms with Crippen LogP contribution in [0.5, 0.6) is 0 Å². The highest BCUT2D eigenvalue weighted by Gasteiger charge is 2.10. The van der Waals surface area contributed by atoms with Crippen molar-refractivity contribution in [2.24, 2.45) is 0 Å². The van der Waals surface area contributed by atoms with E-state index in [0.717, 1.165) is 30.7 Å². The van der Waals surface area contributed by atoms with Crippen LogP contribution in [0, 0.1) is 0 Å². The molecule has 0 amide bonds. The number of unbranched alkanes of at least 4 members (excludes halogenated alkanes) is 1. The van der Waals surface area contributed by atoms with Gasteiger partial charge in [-0.3, -0.25) is 0 Å². The average Bonchev–Trinajstić information content (AvgIpc) is 2.84. The highest BCUT2D eigenvalue weighted by molar-refractivity contribution is 7.98. The molecule has 0 fully saturated rings. The molecule has 1 heterocycles. The van der Waals surface area contributed by atoms with Crippen LogP contribution in [-0.2, 0) is 12.2 Å². The Labute approximate surface area is 127 Å². The van der Waals surface area contributed by atoms with Crippen LogP contribution in [0.15, 0.2) is 29.4 Å². The van der Waals surface area contributed by atoms with Crippen molar-refractivity contribution in [2.75, 3.05) is 5.84 Å². The number of nitrogens with two attached hydrogens (primary N) is 1. The van der Waals surface area contributed by atoms with Crippen molar-refractivity contribution < 1.29 is 9.90 Å². The molecule has 3 N–H and O–H groups in total. The van der Waals surface area contributed by atoms with Crippen molar-refractivity contribution in [2.45, 2.75) is 37.1 Å². The Morgan fingerprint density at radius 3 is 2.95 bits per heavy atom. The maximum Gasteiger partial charge on any atom is 0.335 e. The second-order valence-electron chi connectivity index (χ2n) is 4.67. The molecule has 21 heavy (non-hydrogen) atoms. The van der Waals surface area contributed by atoms with Crippen LogP contribution in [-0.4, -0.2) is 25.9 Å². The van der Waals surface area contributed by atoms with Gasteiger partial charge in [-0.15, -0.1) is 10.2 Å². The van der Waals surface area contributed by atoms with E-state index >= 15 is 0 Å². The number of thioether (sulfide) groups is 1. The number of aromatic carboxylic acids is 1. The Hall–Kier alpha value is -2.02. The molecule has 2 aromatic rings. The summed E-state index contributed by atoms with van der Waals surface area (Å²) in [7, 11) is 0. The van der Waals surface area contributed by atoms with Crippen molar-refractivity contribution >= 4 is 17.7 Å². The van der Waals surface area contributed by atoms with Crippen LogP contribution in [0.4, 0.5) is 0 Å². The SMILES string of the molecule is CCCCc1nnc(SCc2cccc(C(=O)O)c2)n1N. The van der Waals surface area contributed by atoms with Crippen molar-refractivity contribution in [3.63, 3.8) is 0 Å². The summed E-state index contributed by atoms with van der Waals surface area (Å²) in [5.41, 5.74) is 1.20. The van der Waals surface area contributed by atoms with E-state index in [4.69, 9.17) is 10.9 Å². The fourth-order valence-corrected chi connectivity index (χ4v) is 2.67. The van der Waals surface area contributed by atoms with Gasteiger partial charge in [0, 0.05) is 12.2 Å². The molecule has 1 aromatic heterocycles. The second kappa shape index (κ2) is 7.12. The molecule has 0 aliphatic carbocycles. The first-order valence-corrected chi connectivity index (χ1v) is 7.74. The van der Waals surface area contributed by atoms with Crippen molar-refractivity contribution in [1.82, 2.24) is 14.9 Å². The third-order valence-corrected chi connectivity index (χ3v) is 4.05. The Balaban J connectivity index is 2.01. The Kier molecular flexibility index (Phi) is 5.21. The summed E-state index contributed by atoms with van der Waals surface area (Å²) in [6.07, 6.45) is 2.92. The van der Waals surface area contributed by atoms with Crippen LogP contribution >= 0.6 is 11.8 Å². The summed E-state index contributed by atoms with van der Waals surface area (Å²) in [6.45, 7) is 2.11. The zero-order valence-corrected chi connectivity index (χ0v) is 12.6. The standard InChI is InChI=1S/C14H18N4O2S/c1-2-3-7-12-16-17-14(18(12)15)21-9-10-5-4-6-11(8-10)13(19)20/h4-6,8H,2-3,7,9,15H2,1H3,(H,19,20). The van der Waals surface area contributed by atoms with E-state index in [2.05, 4.69) is 17.1 Å². The number of hydrogen-bond donors (Lipinski definition) is 2. The van der Waals surface area contributed by atoms with Gasteiger partial charge in [-0.05, 0) is 24.1 Å². The summed E-state index contributed by atoms with van der Waals surface area (Å²) >= 11 is 1.45. The molecule has 0 saturated heterocycles. The van der Waals surface area contributed by atoms with E-state index in [1.165, 1.54) is 16.4 Å². The van der Waals surface area contributed by atoms with Crippen LogP contribution in [0.25, 0.3) is 0 Å². The summed E-state index contributed by atoms with van der Waals surface area (Å²) in [5.74, 6) is 6.42. The molecule has 0 bridgehead atoms. The van der Waals surface area contributed by atoms with Gasteiger partial charge >= 0.3 is 5.97 Å². The molecule has 0 radical (unpaired) electrons. The van der Waals surface area contributed by atoms with Gasteiger partial charge in [0.05, 0.1) is 5.56 Å². The van der Waals surface area contributed by atoms with Gasteiger partial charge in [0.15, 0.2) is 5.82 Å². The van der Waals surface area contributed by atoms with E-state index in [9.17, 15) is 4.79 Å². The normalized spacial score (nSPS) is 10.7. The number of nitrogen functional groups attached to an aromatic ring is 1. The summed E-state index contributed by atoms with van der Waals surface area (Å²) < 4.78 is 1.52. The molecule has 0 aliphatic heterocycles. The predicted molar refractivity (Wildman–Crippen MR) is 81.7 cm³/mol. The number of rotatable bonds is 7. The van der Waals surface area contributed by atoms with Crippen LogP contribution in [0.2, 0.25) is 0 Å². The molecule has 112 valence electrons. The number of benzene rings is 1. The van der Waals surface area contributed by atoms with E-state index in [0.29, 0.717) is 10.9 Å². The van der Waals surface area contributed by atoms with Gasteiger partial charge in [0.1, 0.15) is 0 Å². The summed E-state index contributed by atoms with van der Waals surface area (Å²) in [5, 5.41) is 17.8. The Morgan fingerprint density at radius 1 is 1.43 bits per heavy atom. The quantitative estimate of drug-likeness (QED) is 0.602. The molecule has 0 atom stereocenters. The fraction of sp³-hybridized carbons (Fsp3) is 0.357. The molecule has 0 aliphatic rings. The minimum absolute atomic E-state index is 0.283. The van der Waals surface area contributed by atoms with E-state index in [1.807, 2.05) is 6.07 Å². The molecular formula is C14H18N4O2S. The molecule has 7 heteroatoms. The highest BCUT2D eigenvalue weighted by atomic mass is 32.2. The summed E-state index contributed by atoms with van der Waals surface area (Å²) in [4.78, 5) is 10.9. The minimum Gasteiger partial charge on any atom is -0.478 e. The third kappa shape index (κ3) is 3.98. The van der Waals surface area contributed by atoms with Crippen LogP contribution in [0.1, 0.15) is 41.5 Å². The molecule has 6 nitrogen and oxygen atoms in total. The Morgan fingerprint density at radius 2 is 2.24 bits per heavy atom. The second-order valence-corrected chi connectivity index (χ2v) is 5.61. The van der Waals surface area contributed by atoms with Crippen LogP contribution < -0.4 is 5.84 Å². The van der Waals surface area contributed by atoms with Crippen LogP contribution in [0.3, 0.4) is 0 Å². The van der Waals surface area contributed by atoms with Gasteiger partial charge in [-0.1, -0.05) is 37.2 Å². The van der Waals surface area contributed by atoms with E-state index in [1.54, 1.807) is 18.2 Å². The van der Waals surface area contributed by atoms with Crippen molar-refractivity contribution in [3.8, 4) is 0 Å². The topological polar surface area (TPSA) is 94.0 Å². The van der Waals surface area contributed by atoms with E-state index < -0.39 is 5.97 Å². The monoisotopic (exact) mass is 306 g/mol. The number of carbonyl (C=O) groups is 1. The molecular weight excluding hydrogens is 288 g/mol. The molecule has 0 unspecified atom stereocenters. The zero-order valence-electron chi connectivity index (χ0n) is 11.8. The van der Waals surface area contributed by atoms with Crippen molar-refractivity contribution in [3.05, 3.63) is 41.2 Å². The minimum atomic E-state index is -0.925. The molecule has 0 saturated carbocycles. The Bertz CT molecular complexity index is 627. The van der Waals surface area contributed by atoms with E-state index in [-0.39, 0.29) is 5.56 Å². The van der Waals surface area contributed by atoms with Gasteiger partial charge in [0.25, 0.3) is 0 Å². The van der Waals surface area contributed by atoms with Gasteiger partial charge in [-0.25, -0.2) is 9.47 Å². The number of carboxylic acids is 1. The highest BCUT2D eigenvalue weighted by Crippen LogP contribution is 2.21. The smallest absolute Gasteiger partial charge is 0.335 e. The number of aryl methyl sites for hydroxylation is 1. The predicted octanol–water partition coefficient (Wildman–Crippen LogP) is 2.33. The average molecular weight is 306 g/mol.